The zero-order chi connectivity index (χ0) is 19.6. The first-order valence-corrected chi connectivity index (χ1v) is 8.60. The number of rotatable bonds is 6. The Balaban J connectivity index is 1.97. The summed E-state index contributed by atoms with van der Waals surface area (Å²) in [6, 6.07) is 13.6. The van der Waals surface area contributed by atoms with Crippen molar-refractivity contribution in [3.05, 3.63) is 71.0 Å². The Kier molecular flexibility index (Phi) is 5.16. The van der Waals surface area contributed by atoms with Crippen LogP contribution >= 0.6 is 0 Å². The second kappa shape index (κ2) is 7.53. The van der Waals surface area contributed by atoms with Gasteiger partial charge in [-0.05, 0) is 36.6 Å². The van der Waals surface area contributed by atoms with Crippen LogP contribution in [0.5, 0.6) is 11.5 Å². The lowest BCUT2D eigenvalue weighted by molar-refractivity contribution is -0.129. The molecule has 6 heteroatoms. The summed E-state index contributed by atoms with van der Waals surface area (Å²) in [6.07, 6.45) is 0.573. The molecule has 6 nitrogen and oxygen atoms in total. The molecule has 0 fully saturated rings. The van der Waals surface area contributed by atoms with Crippen molar-refractivity contribution in [1.29, 1.82) is 0 Å². The van der Waals surface area contributed by atoms with Crippen LogP contribution in [-0.2, 0) is 16.0 Å². The predicted molar refractivity (Wildman–Crippen MR) is 99.6 cm³/mol. The van der Waals surface area contributed by atoms with Crippen molar-refractivity contribution < 1.29 is 24.5 Å². The van der Waals surface area contributed by atoms with Crippen LogP contribution in [0.25, 0.3) is 0 Å². The van der Waals surface area contributed by atoms with E-state index in [9.17, 15) is 19.8 Å². The molecule has 1 aliphatic heterocycles. The number of carbonyl (C=O) groups is 2. The fourth-order valence-corrected chi connectivity index (χ4v) is 3.36. The summed E-state index contributed by atoms with van der Waals surface area (Å²) in [5, 5.41) is 20.4. The first kappa shape index (κ1) is 18.5. The number of ether oxygens (including phenoxy) is 1. The molecule has 0 saturated heterocycles. The van der Waals surface area contributed by atoms with Crippen LogP contribution in [-0.4, -0.2) is 40.5 Å². The van der Waals surface area contributed by atoms with Crippen molar-refractivity contribution in [3.63, 3.8) is 0 Å². The van der Waals surface area contributed by atoms with E-state index in [0.29, 0.717) is 18.5 Å². The summed E-state index contributed by atoms with van der Waals surface area (Å²) in [4.78, 5) is 26.2. The van der Waals surface area contributed by atoms with Gasteiger partial charge in [0.15, 0.2) is 23.0 Å². The molecule has 1 aliphatic rings. The maximum atomic E-state index is 12.6. The second-order valence-corrected chi connectivity index (χ2v) is 6.39. The molecule has 0 spiro atoms. The fraction of sp³-hybridized carbons (Fsp3) is 0.238. The number of phenols is 1. The molecule has 0 radical (unpaired) electrons. The van der Waals surface area contributed by atoms with Crippen LogP contribution in [0.2, 0.25) is 0 Å². The van der Waals surface area contributed by atoms with Crippen molar-refractivity contribution in [2.45, 2.75) is 19.4 Å². The monoisotopic (exact) mass is 367 g/mol. The van der Waals surface area contributed by atoms with Crippen LogP contribution in [0.4, 0.5) is 0 Å². The number of Topliss-reactive ketones (excluding diaryl/α,β-unsaturated/α-hetero) is 1. The first-order valence-electron chi connectivity index (χ1n) is 8.60. The van der Waals surface area contributed by atoms with Gasteiger partial charge in [0.2, 0.25) is 0 Å². The SMILES string of the molecule is COc1ccc(C2C(C(C)=O)=C(O)C(=O)N2CCc2ccccc2)cc1O. The summed E-state index contributed by atoms with van der Waals surface area (Å²) in [7, 11) is 1.44. The van der Waals surface area contributed by atoms with E-state index >= 15 is 0 Å². The third kappa shape index (κ3) is 3.51. The quantitative estimate of drug-likeness (QED) is 0.820. The minimum Gasteiger partial charge on any atom is -0.504 e. The fourth-order valence-electron chi connectivity index (χ4n) is 3.36. The molecule has 3 rings (SSSR count). The van der Waals surface area contributed by atoms with Gasteiger partial charge in [0.25, 0.3) is 5.91 Å². The highest BCUT2D eigenvalue weighted by molar-refractivity contribution is 6.08. The third-order valence-electron chi connectivity index (χ3n) is 4.69. The minimum absolute atomic E-state index is 0.0395. The Morgan fingerprint density at radius 2 is 1.85 bits per heavy atom. The van der Waals surface area contributed by atoms with Gasteiger partial charge in [0.1, 0.15) is 0 Å². The van der Waals surface area contributed by atoms with Crippen molar-refractivity contribution in [1.82, 2.24) is 4.90 Å². The van der Waals surface area contributed by atoms with Gasteiger partial charge in [-0.3, -0.25) is 9.59 Å². The van der Waals surface area contributed by atoms with Crippen LogP contribution in [0, 0.1) is 0 Å². The Hall–Kier alpha value is -3.28. The summed E-state index contributed by atoms with van der Waals surface area (Å²) < 4.78 is 5.05. The normalized spacial score (nSPS) is 16.7. The third-order valence-corrected chi connectivity index (χ3v) is 4.69. The van der Waals surface area contributed by atoms with E-state index in [1.54, 1.807) is 12.1 Å². The largest absolute Gasteiger partial charge is 0.504 e. The number of hydrogen-bond donors (Lipinski definition) is 2. The topological polar surface area (TPSA) is 87.1 Å². The van der Waals surface area contributed by atoms with E-state index in [-0.39, 0.29) is 22.9 Å². The zero-order valence-electron chi connectivity index (χ0n) is 15.2. The number of hydrogen-bond acceptors (Lipinski definition) is 5. The average molecular weight is 367 g/mol. The number of nitrogens with zero attached hydrogens (tertiary/aromatic N) is 1. The molecule has 2 aromatic carbocycles. The summed E-state index contributed by atoms with van der Waals surface area (Å²) >= 11 is 0. The van der Waals surface area contributed by atoms with E-state index in [1.807, 2.05) is 30.3 Å². The lowest BCUT2D eigenvalue weighted by atomic mass is 9.96. The smallest absolute Gasteiger partial charge is 0.290 e. The van der Waals surface area contributed by atoms with E-state index in [1.165, 1.54) is 25.0 Å². The molecule has 1 unspecified atom stereocenters. The summed E-state index contributed by atoms with van der Waals surface area (Å²) in [5.41, 5.74) is 1.61. The van der Waals surface area contributed by atoms with Gasteiger partial charge in [0.05, 0.1) is 18.7 Å². The number of benzene rings is 2. The summed E-state index contributed by atoms with van der Waals surface area (Å²) in [5.74, 6) is -1.31. The molecule has 1 atom stereocenters. The number of ketones is 1. The molecule has 0 aliphatic carbocycles. The first-order chi connectivity index (χ1) is 12.9. The molecule has 2 aromatic rings. The minimum atomic E-state index is -0.754. The molecule has 27 heavy (non-hydrogen) atoms. The van der Waals surface area contributed by atoms with Crippen LogP contribution in [0.3, 0.4) is 0 Å². The van der Waals surface area contributed by atoms with Crippen molar-refractivity contribution in [2.24, 2.45) is 0 Å². The lowest BCUT2D eigenvalue weighted by Crippen LogP contribution is -2.32. The molecule has 0 bridgehead atoms. The Morgan fingerprint density at radius 3 is 2.44 bits per heavy atom. The molecule has 1 heterocycles. The molecular weight excluding hydrogens is 346 g/mol. The molecule has 140 valence electrons. The van der Waals surface area contributed by atoms with Gasteiger partial charge in [-0.1, -0.05) is 36.4 Å². The van der Waals surface area contributed by atoms with E-state index < -0.39 is 17.7 Å². The highest BCUT2D eigenvalue weighted by atomic mass is 16.5. The van der Waals surface area contributed by atoms with Crippen molar-refractivity contribution >= 4 is 11.7 Å². The maximum Gasteiger partial charge on any atom is 0.290 e. The second-order valence-electron chi connectivity index (χ2n) is 6.39. The van der Waals surface area contributed by atoms with E-state index in [0.717, 1.165) is 5.56 Å². The van der Waals surface area contributed by atoms with Crippen LogP contribution in [0.1, 0.15) is 24.1 Å². The predicted octanol–water partition coefficient (Wildman–Crippen LogP) is 2.93. The van der Waals surface area contributed by atoms with Gasteiger partial charge >= 0.3 is 0 Å². The van der Waals surface area contributed by atoms with Crippen LogP contribution < -0.4 is 4.74 Å². The number of carbonyl (C=O) groups excluding carboxylic acids is 2. The Morgan fingerprint density at radius 1 is 1.15 bits per heavy atom. The van der Waals surface area contributed by atoms with Gasteiger partial charge in [-0.2, -0.15) is 0 Å². The number of aliphatic hydroxyl groups excluding tert-OH is 1. The van der Waals surface area contributed by atoms with E-state index in [2.05, 4.69) is 0 Å². The lowest BCUT2D eigenvalue weighted by Gasteiger charge is -2.27. The number of phenolic OH excluding ortho intramolecular Hbond substituents is 1. The molecule has 2 N–H and O–H groups in total. The van der Waals surface area contributed by atoms with Gasteiger partial charge in [0, 0.05) is 6.54 Å². The average Bonchev–Trinajstić information content (AvgIpc) is 2.92. The van der Waals surface area contributed by atoms with Crippen LogP contribution in [0.15, 0.2) is 59.9 Å². The van der Waals surface area contributed by atoms with E-state index in [4.69, 9.17) is 4.74 Å². The molecule has 1 amide bonds. The number of aliphatic hydroxyl groups is 1. The highest BCUT2D eigenvalue weighted by Gasteiger charge is 2.42. The number of amides is 1. The van der Waals surface area contributed by atoms with Crippen molar-refractivity contribution in [3.8, 4) is 11.5 Å². The molecular formula is C21H21NO5. The summed E-state index contributed by atoms with van der Waals surface area (Å²) in [6.45, 7) is 1.64. The van der Waals surface area contributed by atoms with Gasteiger partial charge in [-0.15, -0.1) is 0 Å². The standard InChI is InChI=1S/C21H21NO5/c1-13(23)18-19(15-8-9-17(27-2)16(24)12-15)22(21(26)20(18)25)11-10-14-6-4-3-5-7-14/h3-9,12,19,24-25H,10-11H2,1-2H3. The zero-order valence-corrected chi connectivity index (χ0v) is 15.2. The van der Waals surface area contributed by atoms with Crippen molar-refractivity contribution in [2.75, 3.05) is 13.7 Å². The molecule has 0 saturated carbocycles. The number of aromatic hydroxyl groups is 1. The molecule has 0 aromatic heterocycles. The number of methoxy groups -OCH3 is 1. The van der Waals surface area contributed by atoms with Gasteiger partial charge < -0.3 is 19.8 Å². The maximum absolute atomic E-state index is 12.6. The Labute approximate surface area is 157 Å². The Bertz CT molecular complexity index is 904. The highest BCUT2D eigenvalue weighted by Crippen LogP contribution is 2.40. The van der Waals surface area contributed by atoms with Gasteiger partial charge in [-0.25, -0.2) is 0 Å².